The van der Waals surface area contributed by atoms with Crippen molar-refractivity contribution in [3.05, 3.63) is 6.33 Å². The average Bonchev–Trinajstić information content (AvgIpc) is 2.81. The van der Waals surface area contributed by atoms with Gasteiger partial charge >= 0.3 is 5.97 Å². The van der Waals surface area contributed by atoms with Crippen molar-refractivity contribution < 1.29 is 9.90 Å². The molecule has 1 rings (SSSR count). The molecular weight excluding hydrogens is 252 g/mol. The number of thioether (sulfide) groups is 1. The van der Waals surface area contributed by atoms with Crippen LogP contribution in [0.2, 0.25) is 0 Å². The second-order valence-corrected chi connectivity index (χ2v) is 4.98. The van der Waals surface area contributed by atoms with Gasteiger partial charge in [-0.15, -0.1) is 10.2 Å². The predicted molar refractivity (Wildman–Crippen MR) is 70.9 cm³/mol. The van der Waals surface area contributed by atoms with Gasteiger partial charge < -0.3 is 14.6 Å². The predicted octanol–water partition coefficient (Wildman–Crippen LogP) is 1.36. The molecule has 0 saturated carbocycles. The minimum absolute atomic E-state index is 0.0106. The van der Waals surface area contributed by atoms with Crippen molar-refractivity contribution in [2.24, 2.45) is 0 Å². The molecule has 18 heavy (non-hydrogen) atoms. The third kappa shape index (κ3) is 4.30. The molecule has 0 radical (unpaired) electrons. The van der Waals surface area contributed by atoms with E-state index >= 15 is 0 Å². The largest absolute Gasteiger partial charge is 0.481 e. The van der Waals surface area contributed by atoms with E-state index in [-0.39, 0.29) is 11.8 Å². The summed E-state index contributed by atoms with van der Waals surface area (Å²) in [6.45, 7) is 9.25. The molecular formula is C11H20N4O2S. The number of carbonyl (C=O) groups is 1. The Bertz CT molecular complexity index is 379. The van der Waals surface area contributed by atoms with Crippen LogP contribution in [0.1, 0.15) is 26.8 Å². The molecule has 1 aromatic heterocycles. The lowest BCUT2D eigenvalue weighted by Crippen LogP contribution is -2.29. The van der Waals surface area contributed by atoms with Gasteiger partial charge in [0.25, 0.3) is 0 Å². The Morgan fingerprint density at radius 3 is 2.78 bits per heavy atom. The summed E-state index contributed by atoms with van der Waals surface area (Å²) in [5.74, 6) is -0.831. The van der Waals surface area contributed by atoms with Crippen molar-refractivity contribution in [3.8, 4) is 0 Å². The molecule has 0 aromatic carbocycles. The van der Waals surface area contributed by atoms with Crippen LogP contribution in [0.4, 0.5) is 0 Å². The van der Waals surface area contributed by atoms with Gasteiger partial charge in [0, 0.05) is 12.6 Å². The lowest BCUT2D eigenvalue weighted by atomic mass is 10.3. The molecule has 0 bridgehead atoms. The lowest BCUT2D eigenvalue weighted by Gasteiger charge is -2.23. The Morgan fingerprint density at radius 1 is 1.56 bits per heavy atom. The van der Waals surface area contributed by atoms with Crippen molar-refractivity contribution in [1.29, 1.82) is 0 Å². The summed E-state index contributed by atoms with van der Waals surface area (Å²) in [4.78, 5) is 12.9. The highest BCUT2D eigenvalue weighted by Crippen LogP contribution is 2.19. The van der Waals surface area contributed by atoms with Crippen molar-refractivity contribution in [3.63, 3.8) is 0 Å². The molecule has 0 aliphatic carbocycles. The molecule has 0 fully saturated rings. The number of hydrogen-bond donors (Lipinski definition) is 1. The van der Waals surface area contributed by atoms with Gasteiger partial charge in [-0.2, -0.15) is 0 Å². The van der Waals surface area contributed by atoms with Crippen molar-refractivity contribution in [1.82, 2.24) is 19.7 Å². The van der Waals surface area contributed by atoms with E-state index in [9.17, 15) is 4.79 Å². The minimum atomic E-state index is -0.842. The minimum Gasteiger partial charge on any atom is -0.481 e. The maximum Gasteiger partial charge on any atom is 0.313 e. The summed E-state index contributed by atoms with van der Waals surface area (Å²) < 4.78 is 1.94. The fourth-order valence-corrected chi connectivity index (χ4v) is 2.44. The molecule has 0 aliphatic heterocycles. The molecule has 0 saturated heterocycles. The summed E-state index contributed by atoms with van der Waals surface area (Å²) in [6.07, 6.45) is 1.67. The van der Waals surface area contributed by atoms with E-state index in [0.717, 1.165) is 19.6 Å². The first kappa shape index (κ1) is 15.0. The molecule has 7 heteroatoms. The zero-order valence-electron chi connectivity index (χ0n) is 11.0. The number of carboxylic acid groups (broad SMARTS) is 1. The third-order valence-electron chi connectivity index (χ3n) is 2.76. The first-order valence-electron chi connectivity index (χ1n) is 6.04. The zero-order chi connectivity index (χ0) is 13.5. The van der Waals surface area contributed by atoms with E-state index in [1.165, 1.54) is 11.8 Å². The van der Waals surface area contributed by atoms with Gasteiger partial charge in [-0.3, -0.25) is 4.79 Å². The summed E-state index contributed by atoms with van der Waals surface area (Å²) in [6, 6.07) is 0.233. The number of nitrogens with zero attached hydrogens (tertiary/aromatic N) is 4. The van der Waals surface area contributed by atoms with Gasteiger partial charge in [0.15, 0.2) is 5.16 Å². The van der Waals surface area contributed by atoms with E-state index in [1.54, 1.807) is 6.33 Å². The topological polar surface area (TPSA) is 71.2 Å². The Labute approximate surface area is 111 Å². The van der Waals surface area contributed by atoms with Gasteiger partial charge in [-0.05, 0) is 20.0 Å². The SMILES string of the molecule is CCN(CC)CC(C)n1cnnc1SCC(=O)O. The molecule has 102 valence electrons. The van der Waals surface area contributed by atoms with Crippen LogP contribution in [0, 0.1) is 0 Å². The number of hydrogen-bond acceptors (Lipinski definition) is 5. The van der Waals surface area contributed by atoms with Crippen LogP contribution in [0.3, 0.4) is 0 Å². The highest BCUT2D eigenvalue weighted by Gasteiger charge is 2.14. The Morgan fingerprint density at radius 2 is 2.22 bits per heavy atom. The number of aliphatic carboxylic acids is 1. The molecule has 1 unspecified atom stereocenters. The summed E-state index contributed by atoms with van der Waals surface area (Å²) >= 11 is 1.20. The van der Waals surface area contributed by atoms with Crippen molar-refractivity contribution >= 4 is 17.7 Å². The molecule has 1 atom stereocenters. The van der Waals surface area contributed by atoms with Crippen molar-refractivity contribution in [2.75, 3.05) is 25.4 Å². The molecule has 0 spiro atoms. The maximum atomic E-state index is 10.6. The molecule has 1 aromatic rings. The van der Waals surface area contributed by atoms with E-state index in [2.05, 4.69) is 35.9 Å². The Hall–Kier alpha value is -1.08. The second-order valence-electron chi connectivity index (χ2n) is 4.04. The van der Waals surface area contributed by atoms with E-state index < -0.39 is 5.97 Å². The fraction of sp³-hybridized carbons (Fsp3) is 0.727. The number of carboxylic acids is 1. The third-order valence-corrected chi connectivity index (χ3v) is 3.70. The van der Waals surface area contributed by atoms with Crippen LogP contribution in [-0.2, 0) is 4.79 Å². The van der Waals surface area contributed by atoms with Crippen molar-refractivity contribution in [2.45, 2.75) is 32.0 Å². The van der Waals surface area contributed by atoms with Crippen LogP contribution in [0.15, 0.2) is 11.5 Å². The second kappa shape index (κ2) is 7.38. The lowest BCUT2D eigenvalue weighted by molar-refractivity contribution is -0.133. The normalized spacial score (nSPS) is 12.9. The Balaban J connectivity index is 2.64. The highest BCUT2D eigenvalue weighted by atomic mass is 32.2. The first-order valence-corrected chi connectivity index (χ1v) is 7.03. The summed E-state index contributed by atoms with van der Waals surface area (Å²) in [7, 11) is 0. The van der Waals surface area contributed by atoms with Gasteiger partial charge in [0.2, 0.25) is 0 Å². The maximum absolute atomic E-state index is 10.6. The first-order chi connectivity index (χ1) is 8.58. The van der Waals surface area contributed by atoms with Gasteiger partial charge in [-0.25, -0.2) is 0 Å². The number of aromatic nitrogens is 3. The highest BCUT2D eigenvalue weighted by molar-refractivity contribution is 7.99. The Kier molecular flexibility index (Phi) is 6.14. The summed E-state index contributed by atoms with van der Waals surface area (Å²) in [5.41, 5.74) is 0. The van der Waals surface area contributed by atoms with Gasteiger partial charge in [0.05, 0.1) is 5.75 Å². The zero-order valence-corrected chi connectivity index (χ0v) is 11.9. The number of rotatable bonds is 8. The summed E-state index contributed by atoms with van der Waals surface area (Å²) in [5, 5.41) is 17.2. The monoisotopic (exact) mass is 272 g/mol. The quantitative estimate of drug-likeness (QED) is 0.720. The standard InChI is InChI=1S/C11H20N4O2S/c1-4-14(5-2)6-9(3)15-8-12-13-11(15)18-7-10(16)17/h8-9H,4-7H2,1-3H3,(H,16,17). The fourth-order valence-electron chi connectivity index (χ4n) is 1.71. The van der Waals surface area contributed by atoms with E-state index in [4.69, 9.17) is 5.11 Å². The molecule has 1 N–H and O–H groups in total. The molecule has 0 amide bonds. The smallest absolute Gasteiger partial charge is 0.313 e. The van der Waals surface area contributed by atoms with Gasteiger partial charge in [-0.1, -0.05) is 25.6 Å². The van der Waals surface area contributed by atoms with Crippen LogP contribution >= 0.6 is 11.8 Å². The average molecular weight is 272 g/mol. The van der Waals surface area contributed by atoms with Gasteiger partial charge in [0.1, 0.15) is 6.33 Å². The van der Waals surface area contributed by atoms with Crippen LogP contribution in [0.25, 0.3) is 0 Å². The van der Waals surface area contributed by atoms with Crippen LogP contribution < -0.4 is 0 Å². The molecule has 6 nitrogen and oxygen atoms in total. The van der Waals surface area contributed by atoms with Crippen LogP contribution in [0.5, 0.6) is 0 Å². The van der Waals surface area contributed by atoms with Crippen LogP contribution in [-0.4, -0.2) is 56.1 Å². The van der Waals surface area contributed by atoms with E-state index in [1.807, 2.05) is 4.57 Å². The molecule has 0 aliphatic rings. The van der Waals surface area contributed by atoms with E-state index in [0.29, 0.717) is 5.16 Å². The number of likely N-dealkylation sites (N-methyl/N-ethyl adjacent to an activating group) is 1. The molecule has 1 heterocycles.